The fraction of sp³-hybridized carbons (Fsp3) is 0.412. The number of aromatic nitrogens is 1. The Kier molecular flexibility index (Phi) is 9.84. The lowest BCUT2D eigenvalue weighted by molar-refractivity contribution is 0.477. The summed E-state index contributed by atoms with van der Waals surface area (Å²) in [5.41, 5.74) is 1.26. The lowest BCUT2D eigenvalue weighted by atomic mass is 10.2. The molecule has 7 heteroatoms. The maximum atomic E-state index is 4.72. The molecule has 132 valence electrons. The zero-order valence-corrected chi connectivity index (χ0v) is 19.0. The highest BCUT2D eigenvalue weighted by atomic mass is 127. The van der Waals surface area contributed by atoms with E-state index in [4.69, 9.17) is 4.99 Å². The molecule has 0 saturated heterocycles. The highest BCUT2D eigenvalue weighted by Crippen LogP contribution is 2.13. The van der Waals surface area contributed by atoms with Gasteiger partial charge in [-0.25, -0.2) is 4.98 Å². The predicted molar refractivity (Wildman–Crippen MR) is 118 cm³/mol. The number of aryl methyl sites for hydroxylation is 1. The molecule has 0 spiro atoms. The van der Waals surface area contributed by atoms with Gasteiger partial charge in [0.25, 0.3) is 0 Å². The Labute approximate surface area is 173 Å². The normalized spacial score (nSPS) is 11.1. The molecule has 0 saturated carbocycles. The molecule has 0 amide bonds. The number of nitrogens with zero attached hydrogens (tertiary/aromatic N) is 3. The Bertz CT molecular complexity index is 642. The number of thiazole rings is 1. The smallest absolute Gasteiger partial charge is 0.193 e. The van der Waals surface area contributed by atoms with Crippen LogP contribution in [0.3, 0.4) is 0 Å². The largest absolute Gasteiger partial charge is 0.357 e. The van der Waals surface area contributed by atoms with E-state index < -0.39 is 0 Å². The van der Waals surface area contributed by atoms with Gasteiger partial charge in [0, 0.05) is 48.6 Å². The van der Waals surface area contributed by atoms with Gasteiger partial charge in [0.05, 0.1) is 5.01 Å². The summed E-state index contributed by atoms with van der Waals surface area (Å²) >= 11 is 5.22. The number of benzene rings is 1. The van der Waals surface area contributed by atoms with Gasteiger partial charge in [0.15, 0.2) is 5.96 Å². The lowest BCUT2D eigenvalue weighted by Crippen LogP contribution is -2.38. The zero-order valence-electron chi connectivity index (χ0n) is 14.3. The van der Waals surface area contributed by atoms with Crippen molar-refractivity contribution in [3.05, 3.63) is 50.4 Å². The summed E-state index contributed by atoms with van der Waals surface area (Å²) in [6.07, 6.45) is 2.81. The minimum atomic E-state index is 0. The number of guanidine groups is 1. The molecule has 0 fully saturated rings. The van der Waals surface area contributed by atoms with E-state index >= 15 is 0 Å². The van der Waals surface area contributed by atoms with Crippen LogP contribution in [0.4, 0.5) is 0 Å². The number of hydrogen-bond donors (Lipinski definition) is 1. The van der Waals surface area contributed by atoms with Crippen LogP contribution in [0, 0.1) is 6.92 Å². The van der Waals surface area contributed by atoms with Gasteiger partial charge in [-0.1, -0.05) is 28.1 Å². The molecular formula is C17H24BrIN4S. The second-order valence-electron chi connectivity index (χ2n) is 5.33. The monoisotopic (exact) mass is 522 g/mol. The molecule has 0 bridgehead atoms. The molecule has 0 atom stereocenters. The van der Waals surface area contributed by atoms with Gasteiger partial charge in [0.1, 0.15) is 0 Å². The molecule has 0 aliphatic rings. The SMILES string of the molecule is CCNC(=NCCc1ncc(C)s1)N(C)Cc1ccc(Br)cc1.I. The van der Waals surface area contributed by atoms with E-state index in [1.807, 2.05) is 6.20 Å². The van der Waals surface area contributed by atoms with Crippen molar-refractivity contribution in [2.75, 3.05) is 20.1 Å². The van der Waals surface area contributed by atoms with E-state index in [0.717, 1.165) is 41.5 Å². The summed E-state index contributed by atoms with van der Waals surface area (Å²) in [5.74, 6) is 0.934. The molecule has 0 aliphatic carbocycles. The van der Waals surface area contributed by atoms with Gasteiger partial charge in [-0.2, -0.15) is 0 Å². The predicted octanol–water partition coefficient (Wildman–Crippen LogP) is 4.47. The minimum absolute atomic E-state index is 0. The standard InChI is InChI=1S/C17H23BrN4S.HI/c1-4-19-17(20-10-9-16-21-11-13(2)23-16)22(3)12-14-5-7-15(18)8-6-14;/h5-8,11H,4,9-10,12H2,1-3H3,(H,19,20);1H. The zero-order chi connectivity index (χ0) is 16.7. The Morgan fingerprint density at radius 3 is 2.62 bits per heavy atom. The Hall–Kier alpha value is -0.670. The quantitative estimate of drug-likeness (QED) is 0.345. The average Bonchev–Trinajstić information content (AvgIpc) is 2.94. The van der Waals surface area contributed by atoms with Crippen LogP contribution < -0.4 is 5.32 Å². The first-order chi connectivity index (χ1) is 11.1. The van der Waals surface area contributed by atoms with E-state index in [0.29, 0.717) is 0 Å². The number of rotatable bonds is 6. The molecular weight excluding hydrogens is 499 g/mol. The number of hydrogen-bond acceptors (Lipinski definition) is 3. The molecule has 1 aromatic carbocycles. The third-order valence-corrected chi connectivity index (χ3v) is 4.79. The molecule has 0 radical (unpaired) electrons. The van der Waals surface area contributed by atoms with Crippen molar-refractivity contribution in [2.45, 2.75) is 26.8 Å². The van der Waals surface area contributed by atoms with Crippen LogP contribution in [-0.2, 0) is 13.0 Å². The van der Waals surface area contributed by atoms with Crippen molar-refractivity contribution in [1.29, 1.82) is 0 Å². The topological polar surface area (TPSA) is 40.5 Å². The summed E-state index contributed by atoms with van der Waals surface area (Å²) < 4.78 is 1.10. The summed E-state index contributed by atoms with van der Waals surface area (Å²) in [7, 11) is 2.07. The van der Waals surface area contributed by atoms with E-state index in [2.05, 4.69) is 76.3 Å². The molecule has 4 nitrogen and oxygen atoms in total. The third kappa shape index (κ3) is 7.06. The van der Waals surface area contributed by atoms with Gasteiger partial charge < -0.3 is 10.2 Å². The van der Waals surface area contributed by atoms with Crippen LogP contribution in [0.15, 0.2) is 39.9 Å². The lowest BCUT2D eigenvalue weighted by Gasteiger charge is -2.22. The van der Waals surface area contributed by atoms with Gasteiger partial charge in [0.2, 0.25) is 0 Å². The van der Waals surface area contributed by atoms with Gasteiger partial charge >= 0.3 is 0 Å². The average molecular weight is 523 g/mol. The number of halogens is 2. The van der Waals surface area contributed by atoms with Crippen LogP contribution in [0.1, 0.15) is 22.4 Å². The molecule has 1 N–H and O–H groups in total. The summed E-state index contributed by atoms with van der Waals surface area (Å²) in [5, 5.41) is 4.51. The maximum absolute atomic E-state index is 4.72. The van der Waals surface area contributed by atoms with Crippen molar-refractivity contribution >= 4 is 57.2 Å². The van der Waals surface area contributed by atoms with Gasteiger partial charge in [-0.3, -0.25) is 4.99 Å². The Morgan fingerprint density at radius 2 is 2.04 bits per heavy atom. The molecule has 1 heterocycles. The summed E-state index contributed by atoms with van der Waals surface area (Å²) in [4.78, 5) is 12.5. The van der Waals surface area contributed by atoms with Crippen LogP contribution in [0.5, 0.6) is 0 Å². The number of nitrogens with one attached hydrogen (secondary N) is 1. The molecule has 2 aromatic rings. The van der Waals surface area contributed by atoms with E-state index in [1.165, 1.54) is 10.4 Å². The van der Waals surface area contributed by atoms with E-state index in [9.17, 15) is 0 Å². The van der Waals surface area contributed by atoms with Crippen molar-refractivity contribution in [2.24, 2.45) is 4.99 Å². The Balaban J connectivity index is 0.00000288. The van der Waals surface area contributed by atoms with Gasteiger partial charge in [-0.15, -0.1) is 35.3 Å². The summed E-state index contributed by atoms with van der Waals surface area (Å²) in [6.45, 7) is 6.61. The van der Waals surface area contributed by atoms with Crippen molar-refractivity contribution in [3.63, 3.8) is 0 Å². The van der Waals surface area contributed by atoms with Crippen molar-refractivity contribution in [3.8, 4) is 0 Å². The van der Waals surface area contributed by atoms with Crippen LogP contribution in [-0.4, -0.2) is 36.0 Å². The van der Waals surface area contributed by atoms with Crippen LogP contribution >= 0.6 is 51.2 Å². The van der Waals surface area contributed by atoms with E-state index in [1.54, 1.807) is 11.3 Å². The second-order valence-corrected chi connectivity index (χ2v) is 7.57. The van der Waals surface area contributed by atoms with Gasteiger partial charge in [-0.05, 0) is 31.5 Å². The second kappa shape index (κ2) is 11.0. The van der Waals surface area contributed by atoms with Crippen molar-refractivity contribution in [1.82, 2.24) is 15.2 Å². The van der Waals surface area contributed by atoms with Crippen LogP contribution in [0.2, 0.25) is 0 Å². The highest BCUT2D eigenvalue weighted by molar-refractivity contribution is 14.0. The highest BCUT2D eigenvalue weighted by Gasteiger charge is 2.07. The first kappa shape index (κ1) is 21.4. The minimum Gasteiger partial charge on any atom is -0.357 e. The fourth-order valence-electron chi connectivity index (χ4n) is 2.18. The molecule has 0 aliphatic heterocycles. The first-order valence-corrected chi connectivity index (χ1v) is 9.34. The number of aliphatic imine (C=N–C) groups is 1. The summed E-state index contributed by atoms with van der Waals surface area (Å²) in [6, 6.07) is 8.39. The van der Waals surface area contributed by atoms with E-state index in [-0.39, 0.29) is 24.0 Å². The maximum Gasteiger partial charge on any atom is 0.193 e. The first-order valence-electron chi connectivity index (χ1n) is 7.73. The Morgan fingerprint density at radius 1 is 1.33 bits per heavy atom. The van der Waals surface area contributed by atoms with Crippen molar-refractivity contribution < 1.29 is 0 Å². The fourth-order valence-corrected chi connectivity index (χ4v) is 3.22. The van der Waals surface area contributed by atoms with Crippen LogP contribution in [0.25, 0.3) is 0 Å². The molecule has 1 aromatic heterocycles. The molecule has 0 unspecified atom stereocenters. The molecule has 24 heavy (non-hydrogen) atoms. The third-order valence-electron chi connectivity index (χ3n) is 3.29. The molecule has 2 rings (SSSR count).